The summed E-state index contributed by atoms with van der Waals surface area (Å²) in [7, 11) is 1.75. The number of hydrogen-bond donors (Lipinski definition) is 1. The molecule has 0 aliphatic carbocycles. The second kappa shape index (κ2) is 8.46. The van der Waals surface area contributed by atoms with E-state index in [2.05, 4.69) is 15.2 Å². The highest BCUT2D eigenvalue weighted by atomic mass is 19.3. The van der Waals surface area contributed by atoms with Gasteiger partial charge in [0.1, 0.15) is 5.82 Å². The van der Waals surface area contributed by atoms with E-state index >= 15 is 0 Å². The van der Waals surface area contributed by atoms with Crippen LogP contribution in [0.5, 0.6) is 11.5 Å². The number of aryl methyl sites for hydroxylation is 2. The molecule has 6 nitrogen and oxygen atoms in total. The van der Waals surface area contributed by atoms with Crippen molar-refractivity contribution in [1.29, 1.82) is 0 Å². The number of aromatic nitrogens is 2. The number of anilines is 1. The van der Waals surface area contributed by atoms with Gasteiger partial charge in [-0.05, 0) is 44.5 Å². The molecule has 0 saturated heterocycles. The lowest BCUT2D eigenvalue weighted by molar-refractivity contribution is -0.111. The van der Waals surface area contributed by atoms with Gasteiger partial charge in [0.05, 0.1) is 12.3 Å². The molecule has 0 spiro atoms. The van der Waals surface area contributed by atoms with E-state index in [0.29, 0.717) is 18.0 Å². The van der Waals surface area contributed by atoms with Crippen molar-refractivity contribution >= 4 is 17.8 Å². The van der Waals surface area contributed by atoms with Crippen LogP contribution in [0, 0.1) is 13.8 Å². The van der Waals surface area contributed by atoms with Crippen molar-refractivity contribution in [2.45, 2.75) is 27.4 Å². The minimum absolute atomic E-state index is 0.0514. The largest absolute Gasteiger partial charge is 0.490 e. The molecule has 0 aliphatic heterocycles. The zero-order valence-electron chi connectivity index (χ0n) is 15.0. The molecule has 26 heavy (non-hydrogen) atoms. The van der Waals surface area contributed by atoms with Crippen LogP contribution in [0.1, 0.15) is 23.7 Å². The van der Waals surface area contributed by atoms with Gasteiger partial charge in [0.15, 0.2) is 11.5 Å². The van der Waals surface area contributed by atoms with E-state index in [9.17, 15) is 13.6 Å². The van der Waals surface area contributed by atoms with Crippen molar-refractivity contribution in [1.82, 2.24) is 9.78 Å². The van der Waals surface area contributed by atoms with Crippen LogP contribution in [0.4, 0.5) is 14.6 Å². The minimum atomic E-state index is -2.94. The van der Waals surface area contributed by atoms with Crippen molar-refractivity contribution in [2.75, 3.05) is 11.9 Å². The number of amides is 1. The molecule has 1 N–H and O–H groups in total. The number of benzene rings is 1. The summed E-state index contributed by atoms with van der Waals surface area (Å²) in [5.41, 5.74) is 2.34. The fourth-order valence-corrected chi connectivity index (χ4v) is 2.36. The highest BCUT2D eigenvalue weighted by molar-refractivity contribution is 6.01. The first-order valence-electron chi connectivity index (χ1n) is 8.02. The molecule has 1 aromatic carbocycles. The number of hydrogen-bond acceptors (Lipinski definition) is 4. The predicted molar refractivity (Wildman–Crippen MR) is 94.6 cm³/mol. The van der Waals surface area contributed by atoms with Gasteiger partial charge in [0.25, 0.3) is 0 Å². The molecule has 1 amide bonds. The second-order valence-electron chi connectivity index (χ2n) is 5.52. The summed E-state index contributed by atoms with van der Waals surface area (Å²) < 4.78 is 36.2. The summed E-state index contributed by atoms with van der Waals surface area (Å²) in [5.74, 6) is 0.424. The fraction of sp³-hybridized carbons (Fsp3) is 0.333. The van der Waals surface area contributed by atoms with Gasteiger partial charge < -0.3 is 14.8 Å². The molecule has 2 aromatic rings. The van der Waals surface area contributed by atoms with Crippen LogP contribution in [-0.4, -0.2) is 28.9 Å². The first-order chi connectivity index (χ1) is 12.3. The molecule has 0 atom stereocenters. The Morgan fingerprint density at radius 1 is 1.35 bits per heavy atom. The molecular weight excluding hydrogens is 344 g/mol. The van der Waals surface area contributed by atoms with Gasteiger partial charge >= 0.3 is 6.61 Å². The molecule has 1 aromatic heterocycles. The van der Waals surface area contributed by atoms with Crippen LogP contribution in [-0.2, 0) is 11.8 Å². The number of nitrogens with one attached hydrogen (secondary N) is 1. The summed E-state index contributed by atoms with van der Waals surface area (Å²) in [4.78, 5) is 12.1. The summed E-state index contributed by atoms with van der Waals surface area (Å²) in [6.07, 6.45) is 2.91. The Morgan fingerprint density at radius 2 is 2.08 bits per heavy atom. The maximum Gasteiger partial charge on any atom is 0.387 e. The number of ether oxygens (including phenoxy) is 2. The monoisotopic (exact) mass is 365 g/mol. The summed E-state index contributed by atoms with van der Waals surface area (Å²) in [5, 5.41) is 7.00. The van der Waals surface area contributed by atoms with E-state index in [4.69, 9.17) is 4.74 Å². The molecule has 0 aliphatic rings. The molecule has 0 saturated carbocycles. The van der Waals surface area contributed by atoms with E-state index in [1.165, 1.54) is 18.2 Å². The Labute approximate surface area is 150 Å². The van der Waals surface area contributed by atoms with Crippen molar-refractivity contribution in [3.8, 4) is 11.5 Å². The third-order valence-electron chi connectivity index (χ3n) is 3.67. The quantitative estimate of drug-likeness (QED) is 0.760. The Morgan fingerprint density at radius 3 is 2.65 bits per heavy atom. The molecule has 0 unspecified atom stereocenters. The molecule has 2 rings (SSSR count). The van der Waals surface area contributed by atoms with E-state index in [1.807, 2.05) is 13.8 Å². The number of rotatable bonds is 7. The van der Waals surface area contributed by atoms with Crippen LogP contribution >= 0.6 is 0 Å². The predicted octanol–water partition coefficient (Wildman–Crippen LogP) is 3.69. The van der Waals surface area contributed by atoms with Gasteiger partial charge in [-0.1, -0.05) is 6.07 Å². The minimum Gasteiger partial charge on any atom is -0.490 e. The topological polar surface area (TPSA) is 65.4 Å². The van der Waals surface area contributed by atoms with Crippen LogP contribution in [0.3, 0.4) is 0 Å². The highest BCUT2D eigenvalue weighted by Crippen LogP contribution is 2.30. The molecular formula is C18H21F2N3O3. The Balaban J connectivity index is 2.13. The first kappa shape index (κ1) is 19.4. The molecule has 0 fully saturated rings. The van der Waals surface area contributed by atoms with E-state index < -0.39 is 6.61 Å². The van der Waals surface area contributed by atoms with Gasteiger partial charge in [-0.25, -0.2) is 0 Å². The average Bonchev–Trinajstić information content (AvgIpc) is 2.81. The van der Waals surface area contributed by atoms with Gasteiger partial charge in [-0.3, -0.25) is 9.48 Å². The summed E-state index contributed by atoms with van der Waals surface area (Å²) in [6.45, 7) is 2.83. The lowest BCUT2D eigenvalue weighted by Crippen LogP contribution is -2.12. The van der Waals surface area contributed by atoms with Gasteiger partial charge in [-0.15, -0.1) is 0 Å². The Bertz CT molecular complexity index is 816. The van der Waals surface area contributed by atoms with Crippen LogP contribution in [0.25, 0.3) is 6.08 Å². The summed E-state index contributed by atoms with van der Waals surface area (Å²) in [6, 6.07) is 4.47. The van der Waals surface area contributed by atoms with Gasteiger partial charge in [0.2, 0.25) is 5.91 Å². The molecule has 0 bridgehead atoms. The fourth-order valence-electron chi connectivity index (χ4n) is 2.36. The van der Waals surface area contributed by atoms with Crippen LogP contribution in [0.15, 0.2) is 24.3 Å². The van der Waals surface area contributed by atoms with Crippen molar-refractivity contribution in [2.24, 2.45) is 7.05 Å². The van der Waals surface area contributed by atoms with Crippen LogP contribution < -0.4 is 14.8 Å². The lowest BCUT2D eigenvalue weighted by Gasteiger charge is -2.11. The van der Waals surface area contributed by atoms with Gasteiger partial charge in [0, 0.05) is 18.7 Å². The smallest absolute Gasteiger partial charge is 0.387 e. The third kappa shape index (κ3) is 4.81. The highest BCUT2D eigenvalue weighted by Gasteiger charge is 2.12. The molecule has 1 heterocycles. The van der Waals surface area contributed by atoms with E-state index in [1.54, 1.807) is 30.8 Å². The number of halogens is 2. The maximum atomic E-state index is 12.4. The van der Waals surface area contributed by atoms with E-state index in [-0.39, 0.29) is 17.4 Å². The zero-order chi connectivity index (χ0) is 19.3. The molecule has 140 valence electrons. The average molecular weight is 365 g/mol. The van der Waals surface area contributed by atoms with Crippen molar-refractivity contribution in [3.05, 3.63) is 41.1 Å². The molecule has 0 radical (unpaired) electrons. The lowest BCUT2D eigenvalue weighted by atomic mass is 10.2. The van der Waals surface area contributed by atoms with Crippen molar-refractivity contribution in [3.63, 3.8) is 0 Å². The summed E-state index contributed by atoms with van der Waals surface area (Å²) >= 11 is 0. The molecule has 8 heteroatoms. The maximum absolute atomic E-state index is 12.4. The number of nitrogens with zero attached hydrogens (tertiary/aromatic N) is 2. The van der Waals surface area contributed by atoms with E-state index in [0.717, 1.165) is 11.3 Å². The standard InChI is InChI=1S/C18H21F2N3O3/c1-5-25-15-10-13(6-8-14(15)26-18(19)20)7-9-16(24)21-17-11(2)12(3)22-23(17)4/h6-10,18H,5H2,1-4H3,(H,21,24). The van der Waals surface area contributed by atoms with Crippen LogP contribution in [0.2, 0.25) is 0 Å². The number of alkyl halides is 2. The van der Waals surface area contributed by atoms with Crippen molar-refractivity contribution < 1.29 is 23.0 Å². The Kier molecular flexibility index (Phi) is 6.32. The van der Waals surface area contributed by atoms with Gasteiger partial charge in [-0.2, -0.15) is 13.9 Å². The zero-order valence-corrected chi connectivity index (χ0v) is 15.0. The normalized spacial score (nSPS) is 11.2. The number of carbonyl (C=O) groups is 1. The first-order valence-corrected chi connectivity index (χ1v) is 8.02. The second-order valence-corrected chi connectivity index (χ2v) is 5.52. The SMILES string of the molecule is CCOc1cc(C=CC(=O)Nc2c(C)c(C)nn2C)ccc1OC(F)F. The Hall–Kier alpha value is -2.90. The third-order valence-corrected chi connectivity index (χ3v) is 3.67. The number of carbonyl (C=O) groups excluding carboxylic acids is 1.